The molecule has 0 unspecified atom stereocenters. The van der Waals surface area contributed by atoms with E-state index in [9.17, 15) is 0 Å². The molecule has 2 aromatic heterocycles. The van der Waals surface area contributed by atoms with Crippen molar-refractivity contribution >= 4 is 46.2 Å². The molecule has 146 valence electrons. The van der Waals surface area contributed by atoms with Gasteiger partial charge in [-0.25, -0.2) is 4.98 Å². The maximum absolute atomic E-state index is 6.04. The molecule has 3 aromatic rings. The van der Waals surface area contributed by atoms with E-state index in [1.807, 2.05) is 61.1 Å². The van der Waals surface area contributed by atoms with Crippen LogP contribution in [-0.4, -0.2) is 28.0 Å². The second-order valence-electron chi connectivity index (χ2n) is 6.93. The van der Waals surface area contributed by atoms with E-state index in [4.69, 9.17) is 4.74 Å². The van der Waals surface area contributed by atoms with Crippen molar-refractivity contribution in [3.63, 3.8) is 0 Å². The zero-order valence-electron chi connectivity index (χ0n) is 16.0. The van der Waals surface area contributed by atoms with E-state index in [2.05, 4.69) is 26.7 Å². The average molecular weight is 499 g/mol. The Balaban J connectivity index is 0.00000261. The van der Waals surface area contributed by atoms with Crippen molar-refractivity contribution in [3.8, 4) is 5.75 Å². The van der Waals surface area contributed by atoms with E-state index >= 15 is 0 Å². The predicted octanol–water partition coefficient (Wildman–Crippen LogP) is 4.06. The van der Waals surface area contributed by atoms with E-state index in [1.165, 1.54) is 0 Å². The summed E-state index contributed by atoms with van der Waals surface area (Å²) < 4.78 is 8.07. The molecule has 0 spiro atoms. The zero-order chi connectivity index (χ0) is 18.6. The van der Waals surface area contributed by atoms with Gasteiger partial charge in [0.15, 0.2) is 10.9 Å². The SMILES string of the molecule is CN=C(NCc1cn2ccsc2n1)NCc1ccccc1OC(C)(C)C.I. The van der Waals surface area contributed by atoms with Crippen LogP contribution in [0.25, 0.3) is 4.96 Å². The lowest BCUT2D eigenvalue weighted by Crippen LogP contribution is -2.36. The van der Waals surface area contributed by atoms with Gasteiger partial charge >= 0.3 is 0 Å². The number of fused-ring (bicyclic) bond motifs is 1. The molecule has 0 bridgehead atoms. The fourth-order valence-electron chi connectivity index (χ4n) is 2.51. The van der Waals surface area contributed by atoms with Crippen LogP contribution in [0.5, 0.6) is 5.75 Å². The molecule has 3 rings (SSSR count). The first kappa shape index (κ1) is 21.5. The lowest BCUT2D eigenvalue weighted by Gasteiger charge is -2.23. The smallest absolute Gasteiger partial charge is 0.193 e. The van der Waals surface area contributed by atoms with Crippen molar-refractivity contribution in [2.75, 3.05) is 7.05 Å². The van der Waals surface area contributed by atoms with Crippen molar-refractivity contribution < 1.29 is 4.74 Å². The maximum atomic E-state index is 6.04. The molecule has 0 saturated heterocycles. The summed E-state index contributed by atoms with van der Waals surface area (Å²) in [4.78, 5) is 9.85. The fraction of sp³-hybridized carbons (Fsp3) is 0.368. The van der Waals surface area contributed by atoms with Crippen LogP contribution in [0.1, 0.15) is 32.0 Å². The average Bonchev–Trinajstić information content (AvgIpc) is 3.16. The summed E-state index contributed by atoms with van der Waals surface area (Å²) in [5.41, 5.74) is 1.84. The molecule has 0 aliphatic carbocycles. The Labute approximate surface area is 181 Å². The molecule has 2 heterocycles. The van der Waals surface area contributed by atoms with Crippen molar-refractivity contribution in [1.29, 1.82) is 0 Å². The molecule has 0 fully saturated rings. The first-order valence-electron chi connectivity index (χ1n) is 8.57. The summed E-state index contributed by atoms with van der Waals surface area (Å²) in [6.07, 6.45) is 4.04. The highest BCUT2D eigenvalue weighted by atomic mass is 127. The third kappa shape index (κ3) is 6.10. The number of rotatable bonds is 5. The van der Waals surface area contributed by atoms with Crippen LogP contribution in [0.4, 0.5) is 0 Å². The molecule has 8 heteroatoms. The molecular weight excluding hydrogens is 473 g/mol. The second-order valence-corrected chi connectivity index (χ2v) is 7.80. The van der Waals surface area contributed by atoms with E-state index in [0.717, 1.165) is 27.9 Å². The van der Waals surface area contributed by atoms with E-state index < -0.39 is 0 Å². The Morgan fingerprint density at radius 3 is 2.67 bits per heavy atom. The number of ether oxygens (including phenoxy) is 1. The van der Waals surface area contributed by atoms with Crippen molar-refractivity contribution in [1.82, 2.24) is 20.0 Å². The molecule has 6 nitrogen and oxygen atoms in total. The van der Waals surface area contributed by atoms with Crippen LogP contribution >= 0.6 is 35.3 Å². The van der Waals surface area contributed by atoms with Crippen LogP contribution in [-0.2, 0) is 13.1 Å². The standard InChI is InChI=1S/C19H25N5OS.HI/c1-19(2,3)25-16-8-6-5-7-14(16)11-21-17(20-4)22-12-15-13-24-9-10-26-18(24)23-15;/h5-10,13H,11-12H2,1-4H3,(H2,20,21,22);1H. The molecule has 27 heavy (non-hydrogen) atoms. The summed E-state index contributed by atoms with van der Waals surface area (Å²) in [6, 6.07) is 8.06. The Bertz CT molecular complexity index is 868. The van der Waals surface area contributed by atoms with Gasteiger partial charge in [-0.05, 0) is 26.8 Å². The first-order chi connectivity index (χ1) is 12.4. The molecule has 0 saturated carbocycles. The van der Waals surface area contributed by atoms with E-state index in [1.54, 1.807) is 18.4 Å². The zero-order valence-corrected chi connectivity index (χ0v) is 19.2. The normalized spacial score (nSPS) is 11.9. The third-order valence-corrected chi connectivity index (χ3v) is 4.41. The Kier molecular flexibility index (Phi) is 7.49. The molecule has 0 aliphatic heterocycles. The number of thiazole rings is 1. The molecule has 0 atom stereocenters. The van der Waals surface area contributed by atoms with Crippen LogP contribution in [0.2, 0.25) is 0 Å². The Morgan fingerprint density at radius 2 is 1.96 bits per heavy atom. The van der Waals surface area contributed by atoms with Crippen LogP contribution in [0, 0.1) is 0 Å². The van der Waals surface area contributed by atoms with Crippen molar-refractivity contribution in [3.05, 3.63) is 53.3 Å². The van der Waals surface area contributed by atoms with Gasteiger partial charge in [-0.3, -0.25) is 9.39 Å². The maximum Gasteiger partial charge on any atom is 0.193 e. The van der Waals surface area contributed by atoms with E-state index in [-0.39, 0.29) is 29.6 Å². The number of benzene rings is 1. The van der Waals surface area contributed by atoms with Gasteiger partial charge in [0.1, 0.15) is 11.4 Å². The lowest BCUT2D eigenvalue weighted by atomic mass is 10.1. The van der Waals surface area contributed by atoms with Crippen molar-refractivity contribution in [2.24, 2.45) is 4.99 Å². The van der Waals surface area contributed by atoms with Gasteiger partial charge in [0.2, 0.25) is 0 Å². The number of nitrogens with zero attached hydrogens (tertiary/aromatic N) is 3. The quantitative estimate of drug-likeness (QED) is 0.316. The Hall–Kier alpha value is -1.81. The largest absolute Gasteiger partial charge is 0.488 e. The molecule has 2 N–H and O–H groups in total. The molecule has 1 aromatic carbocycles. The van der Waals surface area contributed by atoms with Gasteiger partial charge in [0, 0.05) is 36.9 Å². The van der Waals surface area contributed by atoms with Gasteiger partial charge in [0.25, 0.3) is 0 Å². The number of nitrogens with one attached hydrogen (secondary N) is 2. The van der Waals surface area contributed by atoms with E-state index in [0.29, 0.717) is 13.1 Å². The summed E-state index contributed by atoms with van der Waals surface area (Å²) in [7, 11) is 1.76. The number of hydrogen-bond acceptors (Lipinski definition) is 4. The van der Waals surface area contributed by atoms with Crippen molar-refractivity contribution in [2.45, 2.75) is 39.5 Å². The summed E-state index contributed by atoms with van der Waals surface area (Å²) in [5, 5.41) is 8.66. The summed E-state index contributed by atoms with van der Waals surface area (Å²) in [5.74, 6) is 1.62. The highest BCUT2D eigenvalue weighted by Crippen LogP contribution is 2.22. The van der Waals surface area contributed by atoms with Crippen LogP contribution < -0.4 is 15.4 Å². The number of para-hydroxylation sites is 1. The monoisotopic (exact) mass is 499 g/mol. The molecule has 0 amide bonds. The highest BCUT2D eigenvalue weighted by Gasteiger charge is 2.14. The second kappa shape index (κ2) is 9.41. The number of halogens is 1. The minimum absolute atomic E-state index is 0. The van der Waals surface area contributed by atoms with Gasteiger partial charge in [-0.1, -0.05) is 18.2 Å². The molecular formula is C19H26IN5OS. The van der Waals surface area contributed by atoms with Crippen LogP contribution in [0.3, 0.4) is 0 Å². The van der Waals surface area contributed by atoms with Gasteiger partial charge in [-0.15, -0.1) is 35.3 Å². The lowest BCUT2D eigenvalue weighted by molar-refractivity contribution is 0.129. The Morgan fingerprint density at radius 1 is 1.22 bits per heavy atom. The fourth-order valence-corrected chi connectivity index (χ4v) is 3.23. The molecule has 0 aliphatic rings. The number of hydrogen-bond donors (Lipinski definition) is 2. The molecule has 0 radical (unpaired) electrons. The number of aliphatic imine (C=N–C) groups is 1. The summed E-state index contributed by atoms with van der Waals surface area (Å²) in [6.45, 7) is 7.40. The predicted molar refractivity (Wildman–Crippen MR) is 122 cm³/mol. The number of guanidine groups is 1. The third-order valence-electron chi connectivity index (χ3n) is 3.64. The van der Waals surface area contributed by atoms with Crippen LogP contribution in [0.15, 0.2) is 47.0 Å². The summed E-state index contributed by atoms with van der Waals surface area (Å²) >= 11 is 1.63. The van der Waals surface area contributed by atoms with Gasteiger partial charge in [-0.2, -0.15) is 0 Å². The van der Waals surface area contributed by atoms with Gasteiger partial charge in [0.05, 0.1) is 12.2 Å². The highest BCUT2D eigenvalue weighted by molar-refractivity contribution is 14.0. The topological polar surface area (TPSA) is 63.0 Å². The minimum Gasteiger partial charge on any atom is -0.488 e. The van der Waals surface area contributed by atoms with Gasteiger partial charge < -0.3 is 15.4 Å². The first-order valence-corrected chi connectivity index (χ1v) is 9.45. The minimum atomic E-state index is -0.232. The number of imidazole rings is 1. The number of aromatic nitrogens is 2.